The molecule has 1 N–H and O–H groups in total. The summed E-state index contributed by atoms with van der Waals surface area (Å²) in [4.78, 5) is 6.80. The number of anilines is 1. The summed E-state index contributed by atoms with van der Waals surface area (Å²) < 4.78 is 11.7. The Morgan fingerprint density at radius 1 is 1.52 bits per heavy atom. The van der Waals surface area contributed by atoms with E-state index < -0.39 is 0 Å². The van der Waals surface area contributed by atoms with Gasteiger partial charge in [-0.1, -0.05) is 0 Å². The molecule has 0 amide bonds. The van der Waals surface area contributed by atoms with Crippen LogP contribution in [-0.4, -0.2) is 42.7 Å². The van der Waals surface area contributed by atoms with Crippen LogP contribution in [0.4, 0.5) is 5.82 Å². The quantitative estimate of drug-likeness (QED) is 0.759. The van der Waals surface area contributed by atoms with Gasteiger partial charge in [0.25, 0.3) is 0 Å². The second-order valence-electron chi connectivity index (χ2n) is 6.10. The molecule has 0 unspecified atom stereocenters. The number of hydrogen-bond donors (Lipinski definition) is 1. The Morgan fingerprint density at radius 3 is 2.96 bits per heavy atom. The minimum absolute atomic E-state index is 0.255. The molecule has 0 atom stereocenters. The number of rotatable bonds is 5. The molecule has 7 heteroatoms. The zero-order chi connectivity index (χ0) is 17.8. The second kappa shape index (κ2) is 7.89. The Morgan fingerprint density at radius 2 is 2.28 bits per heavy atom. The first-order valence-electron chi connectivity index (χ1n) is 8.38. The van der Waals surface area contributed by atoms with Crippen LogP contribution in [0.3, 0.4) is 0 Å². The van der Waals surface area contributed by atoms with Crippen molar-refractivity contribution in [2.75, 3.05) is 32.1 Å². The Hall–Kier alpha value is -2.04. The van der Waals surface area contributed by atoms with E-state index in [1.165, 1.54) is 0 Å². The van der Waals surface area contributed by atoms with Gasteiger partial charge in [-0.2, -0.15) is 5.26 Å². The van der Waals surface area contributed by atoms with Gasteiger partial charge < -0.3 is 19.4 Å². The molecule has 1 aliphatic heterocycles. The number of ether oxygens (including phenoxy) is 1. The van der Waals surface area contributed by atoms with Crippen molar-refractivity contribution in [1.29, 1.82) is 5.26 Å². The predicted octanol–water partition coefficient (Wildman–Crippen LogP) is 3.98. The Labute approximate surface area is 155 Å². The van der Waals surface area contributed by atoms with Crippen LogP contribution in [0.2, 0.25) is 0 Å². The number of likely N-dealkylation sites (tertiary alicyclic amines) is 1. The van der Waals surface area contributed by atoms with E-state index in [1.807, 2.05) is 6.92 Å². The van der Waals surface area contributed by atoms with Crippen molar-refractivity contribution in [1.82, 2.24) is 9.88 Å². The van der Waals surface area contributed by atoms with E-state index in [4.69, 9.17) is 9.15 Å². The second-order valence-corrected chi connectivity index (χ2v) is 6.89. The Balaban J connectivity index is 1.95. The van der Waals surface area contributed by atoms with Crippen LogP contribution >= 0.6 is 15.9 Å². The molecule has 2 aromatic heterocycles. The molecule has 0 radical (unpaired) electrons. The van der Waals surface area contributed by atoms with Crippen molar-refractivity contribution in [3.63, 3.8) is 0 Å². The summed E-state index contributed by atoms with van der Waals surface area (Å²) in [6, 6.07) is 2.49. The lowest BCUT2D eigenvalue weighted by Crippen LogP contribution is -2.36. The van der Waals surface area contributed by atoms with Crippen molar-refractivity contribution in [2.24, 2.45) is 0 Å². The van der Waals surface area contributed by atoms with Gasteiger partial charge in [0.1, 0.15) is 11.9 Å². The molecule has 1 saturated heterocycles. The minimum atomic E-state index is 0.255. The molecule has 0 saturated carbocycles. The van der Waals surface area contributed by atoms with Crippen LogP contribution in [0.25, 0.3) is 17.0 Å². The van der Waals surface area contributed by atoms with Gasteiger partial charge in [0.2, 0.25) is 5.76 Å². The molecule has 0 bridgehead atoms. The minimum Gasteiger partial charge on any atom is -0.501 e. The van der Waals surface area contributed by atoms with E-state index >= 15 is 0 Å². The third-order valence-electron chi connectivity index (χ3n) is 4.37. The monoisotopic (exact) mass is 404 g/mol. The van der Waals surface area contributed by atoms with Crippen LogP contribution in [0.1, 0.15) is 31.1 Å². The van der Waals surface area contributed by atoms with Gasteiger partial charge in [-0.25, -0.2) is 4.98 Å². The predicted molar refractivity (Wildman–Crippen MR) is 101 cm³/mol. The van der Waals surface area contributed by atoms with Gasteiger partial charge in [-0.15, -0.1) is 0 Å². The van der Waals surface area contributed by atoms with Crippen LogP contribution in [-0.2, 0) is 4.74 Å². The van der Waals surface area contributed by atoms with E-state index in [0.29, 0.717) is 23.8 Å². The standard InChI is InChI=1S/C18H21BrN4O2/c1-3-24-9-6-13-14(10-20)25-15-11-21-18(17(19)16(13)15)22-12-4-7-23(2)8-5-12/h6,9,11-12H,3-5,7-8H2,1-2H3,(H,21,22)/b9-6+. The number of nitrogens with one attached hydrogen (secondary N) is 1. The number of furan rings is 1. The molecular weight excluding hydrogens is 384 g/mol. The Bertz CT molecular complexity index is 817. The topological polar surface area (TPSA) is 74.3 Å². The van der Waals surface area contributed by atoms with Gasteiger partial charge >= 0.3 is 0 Å². The maximum absolute atomic E-state index is 9.35. The zero-order valence-corrected chi connectivity index (χ0v) is 16.0. The normalized spacial score (nSPS) is 16.4. The largest absolute Gasteiger partial charge is 0.501 e. The fraction of sp³-hybridized carbons (Fsp3) is 0.444. The first-order chi connectivity index (χ1) is 12.1. The molecule has 6 nitrogen and oxygen atoms in total. The van der Waals surface area contributed by atoms with E-state index in [1.54, 1.807) is 18.5 Å². The fourth-order valence-corrected chi connectivity index (χ4v) is 3.60. The van der Waals surface area contributed by atoms with Crippen LogP contribution in [0.15, 0.2) is 21.3 Å². The first kappa shape index (κ1) is 17.8. The van der Waals surface area contributed by atoms with Gasteiger partial charge in [-0.3, -0.25) is 0 Å². The molecule has 0 aromatic carbocycles. The molecule has 1 aliphatic rings. The van der Waals surface area contributed by atoms with Crippen LogP contribution < -0.4 is 5.32 Å². The maximum atomic E-state index is 9.35. The molecular formula is C18H21BrN4O2. The molecule has 3 heterocycles. The molecule has 3 rings (SSSR count). The van der Waals surface area contributed by atoms with E-state index in [2.05, 4.69) is 44.2 Å². The average molecular weight is 405 g/mol. The lowest BCUT2D eigenvalue weighted by Gasteiger charge is -2.30. The van der Waals surface area contributed by atoms with Crippen molar-refractivity contribution in [3.05, 3.63) is 28.3 Å². The number of nitrogens with zero attached hydrogens (tertiary/aromatic N) is 3. The lowest BCUT2D eigenvalue weighted by atomic mass is 10.1. The number of pyridine rings is 1. The molecule has 2 aromatic rings. The highest BCUT2D eigenvalue weighted by Gasteiger charge is 2.21. The van der Waals surface area contributed by atoms with Crippen molar-refractivity contribution in [3.8, 4) is 6.07 Å². The SMILES string of the molecule is CCO/C=C/c1c(C#N)oc2cnc(NC3CCN(C)CC3)c(Br)c12. The highest BCUT2D eigenvalue weighted by Crippen LogP contribution is 2.36. The highest BCUT2D eigenvalue weighted by molar-refractivity contribution is 9.10. The van der Waals surface area contributed by atoms with Crippen molar-refractivity contribution < 1.29 is 9.15 Å². The molecule has 25 heavy (non-hydrogen) atoms. The third-order valence-corrected chi connectivity index (χ3v) is 5.14. The first-order valence-corrected chi connectivity index (χ1v) is 9.17. The van der Waals surface area contributed by atoms with Gasteiger partial charge in [0, 0.05) is 17.0 Å². The van der Waals surface area contributed by atoms with Gasteiger partial charge in [-0.05, 0) is 61.9 Å². The summed E-state index contributed by atoms with van der Waals surface area (Å²) >= 11 is 3.64. The molecule has 132 valence electrons. The van der Waals surface area contributed by atoms with E-state index in [0.717, 1.165) is 41.6 Å². The summed E-state index contributed by atoms with van der Waals surface area (Å²) in [5.41, 5.74) is 1.28. The zero-order valence-electron chi connectivity index (χ0n) is 14.4. The van der Waals surface area contributed by atoms with Crippen LogP contribution in [0, 0.1) is 11.3 Å². The number of hydrogen-bond acceptors (Lipinski definition) is 6. The number of piperidine rings is 1. The molecule has 0 aliphatic carbocycles. The summed E-state index contributed by atoms with van der Waals surface area (Å²) in [6.45, 7) is 4.63. The average Bonchev–Trinajstić information content (AvgIpc) is 2.98. The number of fused-ring (bicyclic) bond motifs is 1. The molecule has 1 fully saturated rings. The van der Waals surface area contributed by atoms with E-state index in [9.17, 15) is 5.26 Å². The van der Waals surface area contributed by atoms with Gasteiger partial charge in [0.05, 0.1) is 23.5 Å². The number of aromatic nitrogens is 1. The highest BCUT2D eigenvalue weighted by atomic mass is 79.9. The summed E-state index contributed by atoms with van der Waals surface area (Å²) in [5, 5.41) is 13.7. The van der Waals surface area contributed by atoms with Gasteiger partial charge in [0.15, 0.2) is 5.58 Å². The van der Waals surface area contributed by atoms with Crippen molar-refractivity contribution in [2.45, 2.75) is 25.8 Å². The lowest BCUT2D eigenvalue weighted by molar-refractivity contribution is 0.263. The van der Waals surface area contributed by atoms with E-state index in [-0.39, 0.29) is 5.76 Å². The smallest absolute Gasteiger partial charge is 0.212 e. The number of nitriles is 1. The summed E-state index contributed by atoms with van der Waals surface area (Å²) in [7, 11) is 2.14. The maximum Gasteiger partial charge on any atom is 0.212 e. The Kier molecular flexibility index (Phi) is 5.61. The fourth-order valence-electron chi connectivity index (χ4n) is 2.98. The van der Waals surface area contributed by atoms with Crippen LogP contribution in [0.5, 0.6) is 0 Å². The van der Waals surface area contributed by atoms with Crippen molar-refractivity contribution >= 4 is 38.8 Å². The third kappa shape index (κ3) is 3.80. The molecule has 0 spiro atoms. The number of halogens is 1. The summed E-state index contributed by atoms with van der Waals surface area (Å²) in [5.74, 6) is 1.03. The summed E-state index contributed by atoms with van der Waals surface area (Å²) in [6.07, 6.45) is 7.17.